The number of aliphatic imine (C=N–C) groups is 2. The van der Waals surface area contributed by atoms with Crippen molar-refractivity contribution >= 4 is 29.2 Å². The Hall–Kier alpha value is -1.16. The fourth-order valence-electron chi connectivity index (χ4n) is 2.39. The van der Waals surface area contributed by atoms with Crippen molar-refractivity contribution in [3.05, 3.63) is 29.6 Å². The van der Waals surface area contributed by atoms with E-state index >= 15 is 0 Å². The van der Waals surface area contributed by atoms with E-state index in [2.05, 4.69) is 16.7 Å². The fraction of sp³-hybridized carbons (Fsp3) is 0.467. The average molecular weight is 278 g/mol. The molecule has 102 valence electrons. The predicted molar refractivity (Wildman–Crippen MR) is 82.5 cm³/mol. The summed E-state index contributed by atoms with van der Waals surface area (Å²) in [6, 6.07) is 4.57. The topological polar surface area (TPSA) is 24.7 Å². The highest BCUT2D eigenvalue weighted by Crippen LogP contribution is 2.33. The molecule has 0 heterocycles. The third-order valence-electron chi connectivity index (χ3n) is 3.39. The first-order valence-corrected chi connectivity index (χ1v) is 7.52. The second kappa shape index (κ2) is 6.85. The first-order valence-electron chi connectivity index (χ1n) is 6.64. The molecular weight excluding hydrogens is 259 g/mol. The molecular formula is C15H19FN2S. The minimum Gasteiger partial charge on any atom is -0.281 e. The monoisotopic (exact) mass is 278 g/mol. The normalized spacial score (nSPS) is 17.5. The van der Waals surface area contributed by atoms with Crippen LogP contribution < -0.4 is 0 Å². The molecule has 0 saturated heterocycles. The number of hydrogen-bond donors (Lipinski definition) is 0. The first kappa shape index (κ1) is 14.3. The van der Waals surface area contributed by atoms with Gasteiger partial charge in [-0.2, -0.15) is 0 Å². The second-order valence-electron chi connectivity index (χ2n) is 4.73. The summed E-state index contributed by atoms with van der Waals surface area (Å²) >= 11 is 1.75. The molecule has 1 aromatic carbocycles. The van der Waals surface area contributed by atoms with Gasteiger partial charge in [0.1, 0.15) is 5.82 Å². The molecule has 19 heavy (non-hydrogen) atoms. The van der Waals surface area contributed by atoms with Gasteiger partial charge in [-0.25, -0.2) is 4.39 Å². The number of nitrogens with zero attached hydrogens (tertiary/aromatic N) is 2. The molecule has 0 aliphatic heterocycles. The van der Waals surface area contributed by atoms with Crippen LogP contribution in [-0.2, 0) is 0 Å². The number of rotatable bonds is 3. The van der Waals surface area contributed by atoms with Crippen LogP contribution in [0.3, 0.4) is 0 Å². The van der Waals surface area contributed by atoms with Crippen molar-refractivity contribution in [3.63, 3.8) is 0 Å². The van der Waals surface area contributed by atoms with Crippen molar-refractivity contribution < 1.29 is 4.39 Å². The van der Waals surface area contributed by atoms with Gasteiger partial charge in [0, 0.05) is 17.9 Å². The molecule has 0 spiro atoms. The van der Waals surface area contributed by atoms with E-state index in [0.29, 0.717) is 10.9 Å². The minimum absolute atomic E-state index is 0.257. The number of thioether (sulfide) groups is 1. The smallest absolute Gasteiger partial charge is 0.124 e. The van der Waals surface area contributed by atoms with Crippen LogP contribution in [0.4, 0.5) is 10.1 Å². The summed E-state index contributed by atoms with van der Waals surface area (Å²) in [4.78, 5) is 8.29. The maximum atomic E-state index is 13.4. The standard InChI is InChI=1S/C15H19FN2S/c1-17-14-9-8-11(16)10-13(14)15(18-2)19-12-6-4-3-5-7-12/h8-10,12H,1,3-7H2,2H3. The molecule has 0 aromatic heterocycles. The van der Waals surface area contributed by atoms with E-state index in [1.54, 1.807) is 24.9 Å². The lowest BCUT2D eigenvalue weighted by Crippen LogP contribution is -2.12. The summed E-state index contributed by atoms with van der Waals surface area (Å²) < 4.78 is 13.4. The van der Waals surface area contributed by atoms with Gasteiger partial charge in [0.15, 0.2) is 0 Å². The third-order valence-corrected chi connectivity index (χ3v) is 4.82. The maximum Gasteiger partial charge on any atom is 0.124 e. The molecule has 0 radical (unpaired) electrons. The SMILES string of the molecule is C=Nc1ccc(F)cc1C(=NC)SC1CCCCC1. The van der Waals surface area contributed by atoms with Gasteiger partial charge in [-0.3, -0.25) is 9.98 Å². The molecule has 1 aliphatic carbocycles. The van der Waals surface area contributed by atoms with Gasteiger partial charge >= 0.3 is 0 Å². The maximum absolute atomic E-state index is 13.4. The Balaban J connectivity index is 2.21. The van der Waals surface area contributed by atoms with E-state index in [-0.39, 0.29) is 5.82 Å². The lowest BCUT2D eigenvalue weighted by molar-refractivity contribution is 0.517. The van der Waals surface area contributed by atoms with Crippen LogP contribution >= 0.6 is 11.8 Å². The summed E-state index contributed by atoms with van der Waals surface area (Å²) in [5, 5.41) is 1.46. The van der Waals surface area contributed by atoms with Gasteiger partial charge in [0.2, 0.25) is 0 Å². The van der Waals surface area contributed by atoms with Crippen molar-refractivity contribution in [2.45, 2.75) is 37.4 Å². The summed E-state index contributed by atoms with van der Waals surface area (Å²) in [5.74, 6) is -0.257. The molecule has 0 amide bonds. The molecule has 2 nitrogen and oxygen atoms in total. The summed E-state index contributed by atoms with van der Waals surface area (Å²) in [7, 11) is 1.75. The summed E-state index contributed by atoms with van der Waals surface area (Å²) in [6.07, 6.45) is 6.33. The van der Waals surface area contributed by atoms with Crippen LogP contribution in [0.5, 0.6) is 0 Å². The van der Waals surface area contributed by atoms with Gasteiger partial charge in [-0.1, -0.05) is 19.3 Å². The Morgan fingerprint density at radius 1 is 1.32 bits per heavy atom. The molecule has 0 unspecified atom stereocenters. The van der Waals surface area contributed by atoms with E-state index in [9.17, 15) is 4.39 Å². The Bertz CT molecular complexity index is 479. The fourth-order valence-corrected chi connectivity index (χ4v) is 3.68. The highest BCUT2D eigenvalue weighted by atomic mass is 32.2. The van der Waals surface area contributed by atoms with Gasteiger partial charge < -0.3 is 0 Å². The average Bonchev–Trinajstić information content (AvgIpc) is 2.46. The molecule has 0 N–H and O–H groups in total. The first-order chi connectivity index (χ1) is 9.24. The van der Waals surface area contributed by atoms with Crippen LogP contribution in [0.1, 0.15) is 37.7 Å². The Kier molecular flexibility index (Phi) is 5.14. The highest BCUT2D eigenvalue weighted by molar-refractivity contribution is 8.15. The molecule has 2 rings (SSSR count). The predicted octanol–water partition coefficient (Wildman–Crippen LogP) is 4.60. The largest absolute Gasteiger partial charge is 0.281 e. The Labute approximate surface area is 118 Å². The van der Waals surface area contributed by atoms with Crippen LogP contribution in [-0.4, -0.2) is 24.1 Å². The van der Waals surface area contributed by atoms with Crippen molar-refractivity contribution in [1.29, 1.82) is 0 Å². The van der Waals surface area contributed by atoms with Gasteiger partial charge in [-0.15, -0.1) is 11.8 Å². The van der Waals surface area contributed by atoms with Gasteiger partial charge in [-0.05, 0) is 37.8 Å². The molecule has 1 fully saturated rings. The zero-order valence-corrected chi connectivity index (χ0v) is 12.0. The summed E-state index contributed by atoms with van der Waals surface area (Å²) in [6.45, 7) is 3.55. The molecule has 4 heteroatoms. The summed E-state index contributed by atoms with van der Waals surface area (Å²) in [5.41, 5.74) is 1.46. The zero-order valence-electron chi connectivity index (χ0n) is 11.2. The van der Waals surface area contributed by atoms with Gasteiger partial charge in [0.25, 0.3) is 0 Å². The van der Waals surface area contributed by atoms with Crippen LogP contribution in [0.15, 0.2) is 28.2 Å². The van der Waals surface area contributed by atoms with Crippen molar-refractivity contribution in [3.8, 4) is 0 Å². The van der Waals surface area contributed by atoms with Crippen LogP contribution in [0, 0.1) is 5.82 Å². The van der Waals surface area contributed by atoms with Crippen molar-refractivity contribution in [1.82, 2.24) is 0 Å². The van der Waals surface area contributed by atoms with E-state index in [0.717, 1.165) is 10.6 Å². The Morgan fingerprint density at radius 3 is 2.68 bits per heavy atom. The van der Waals surface area contributed by atoms with Crippen LogP contribution in [0.2, 0.25) is 0 Å². The number of halogens is 1. The van der Waals surface area contributed by atoms with Crippen molar-refractivity contribution in [2.75, 3.05) is 7.05 Å². The van der Waals surface area contributed by atoms with Gasteiger partial charge in [0.05, 0.1) is 10.7 Å². The molecule has 0 atom stereocenters. The molecule has 1 aliphatic rings. The van der Waals surface area contributed by atoms with Crippen LogP contribution in [0.25, 0.3) is 0 Å². The molecule has 1 aromatic rings. The lowest BCUT2D eigenvalue weighted by atomic mass is 10.0. The highest BCUT2D eigenvalue weighted by Gasteiger charge is 2.19. The second-order valence-corrected chi connectivity index (χ2v) is 6.02. The number of hydrogen-bond acceptors (Lipinski definition) is 3. The van der Waals surface area contributed by atoms with E-state index in [4.69, 9.17) is 0 Å². The number of benzene rings is 1. The van der Waals surface area contributed by atoms with Crippen molar-refractivity contribution in [2.24, 2.45) is 9.98 Å². The zero-order chi connectivity index (χ0) is 13.7. The molecule has 0 bridgehead atoms. The van der Waals surface area contributed by atoms with E-state index in [1.165, 1.54) is 44.2 Å². The van der Waals surface area contributed by atoms with E-state index < -0.39 is 0 Å². The van der Waals surface area contributed by atoms with E-state index in [1.807, 2.05) is 0 Å². The Morgan fingerprint density at radius 2 is 2.05 bits per heavy atom. The molecule has 1 saturated carbocycles. The minimum atomic E-state index is -0.257. The third kappa shape index (κ3) is 3.66. The lowest BCUT2D eigenvalue weighted by Gasteiger charge is -2.22. The quantitative estimate of drug-likeness (QED) is 0.586.